The number of hydrogen-bond donors (Lipinski definition) is 2. The van der Waals surface area contributed by atoms with Crippen LogP contribution in [0.25, 0.3) is 10.6 Å². The zero-order valence-corrected chi connectivity index (χ0v) is 13.9. The van der Waals surface area contributed by atoms with Crippen molar-refractivity contribution in [2.75, 3.05) is 12.3 Å². The second-order valence-corrected chi connectivity index (χ2v) is 6.93. The van der Waals surface area contributed by atoms with E-state index in [1.165, 1.54) is 22.7 Å². The molecule has 0 spiro atoms. The summed E-state index contributed by atoms with van der Waals surface area (Å²) in [6.45, 7) is 3.58. The Hall–Kier alpha value is -1.93. The van der Waals surface area contributed by atoms with E-state index in [4.69, 9.17) is 10.5 Å². The average Bonchev–Trinajstić information content (AvgIpc) is 3.10. The van der Waals surface area contributed by atoms with Crippen molar-refractivity contribution in [3.63, 3.8) is 0 Å². The van der Waals surface area contributed by atoms with Gasteiger partial charge in [0.05, 0.1) is 23.0 Å². The highest BCUT2D eigenvalue weighted by atomic mass is 32.1. The van der Waals surface area contributed by atoms with E-state index in [1.54, 1.807) is 13.8 Å². The summed E-state index contributed by atoms with van der Waals surface area (Å²) in [7, 11) is 0. The summed E-state index contributed by atoms with van der Waals surface area (Å²) < 4.78 is 4.86. The Morgan fingerprint density at radius 1 is 1.41 bits per heavy atom. The fourth-order valence-electron chi connectivity index (χ4n) is 1.55. The molecular weight excluding hydrogens is 322 g/mol. The lowest BCUT2D eigenvalue weighted by atomic mass is 10.2. The van der Waals surface area contributed by atoms with Gasteiger partial charge in [0.1, 0.15) is 0 Å². The van der Waals surface area contributed by atoms with Crippen LogP contribution in [0.2, 0.25) is 0 Å². The number of carbonyl (C=O) groups is 2. The zero-order valence-electron chi connectivity index (χ0n) is 12.3. The van der Waals surface area contributed by atoms with Crippen molar-refractivity contribution in [2.24, 2.45) is 5.92 Å². The summed E-state index contributed by atoms with van der Waals surface area (Å²) in [5.41, 5.74) is 6.46. The molecule has 1 amide bonds. The van der Waals surface area contributed by atoms with E-state index in [2.05, 4.69) is 10.3 Å². The second kappa shape index (κ2) is 7.37. The van der Waals surface area contributed by atoms with Gasteiger partial charge in [0.2, 0.25) is 0 Å². The van der Waals surface area contributed by atoms with E-state index in [9.17, 15) is 9.59 Å². The fraction of sp³-hybridized carbons (Fsp3) is 0.357. The van der Waals surface area contributed by atoms with Crippen molar-refractivity contribution in [1.82, 2.24) is 10.3 Å². The van der Waals surface area contributed by atoms with E-state index in [0.717, 1.165) is 15.4 Å². The van der Waals surface area contributed by atoms with Gasteiger partial charge in [0.15, 0.2) is 11.7 Å². The standard InChI is InChI=1S/C14H17N3O3S2/c1-8(2)13(19)20-6-12(18)16-5-9-3-4-11(22-9)10-7-21-14(15)17-10/h3-4,7-8H,5-6H2,1-2H3,(H2,15,17)(H,16,18). The van der Waals surface area contributed by atoms with Gasteiger partial charge in [-0.05, 0) is 12.1 Å². The normalized spacial score (nSPS) is 10.7. The molecule has 0 bridgehead atoms. The number of carbonyl (C=O) groups excluding carboxylic acids is 2. The van der Waals surface area contributed by atoms with Crippen LogP contribution in [0.3, 0.4) is 0 Å². The first-order chi connectivity index (χ1) is 10.5. The molecule has 0 unspecified atom stereocenters. The van der Waals surface area contributed by atoms with Crippen LogP contribution in [0.1, 0.15) is 18.7 Å². The molecule has 0 radical (unpaired) electrons. The fourth-order valence-corrected chi connectivity index (χ4v) is 3.10. The van der Waals surface area contributed by atoms with E-state index in [0.29, 0.717) is 11.7 Å². The molecule has 2 aromatic rings. The number of nitrogens with zero attached hydrogens (tertiary/aromatic N) is 1. The van der Waals surface area contributed by atoms with Crippen LogP contribution in [0.15, 0.2) is 17.5 Å². The molecule has 118 valence electrons. The minimum atomic E-state index is -0.380. The lowest BCUT2D eigenvalue weighted by Crippen LogP contribution is -2.28. The summed E-state index contributed by atoms with van der Waals surface area (Å²) >= 11 is 2.93. The molecule has 2 rings (SSSR count). The average molecular weight is 339 g/mol. The predicted octanol–water partition coefficient (Wildman–Crippen LogP) is 2.27. The number of hydrogen-bond acceptors (Lipinski definition) is 7. The smallest absolute Gasteiger partial charge is 0.308 e. The Bertz CT molecular complexity index is 664. The molecule has 0 aromatic carbocycles. The molecule has 2 aromatic heterocycles. The second-order valence-electron chi connectivity index (χ2n) is 4.88. The number of aromatic nitrogens is 1. The lowest BCUT2D eigenvalue weighted by molar-refractivity contribution is -0.151. The van der Waals surface area contributed by atoms with Crippen LogP contribution in [0.5, 0.6) is 0 Å². The first kappa shape index (κ1) is 16.4. The van der Waals surface area contributed by atoms with Gasteiger partial charge in [-0.1, -0.05) is 13.8 Å². The predicted molar refractivity (Wildman–Crippen MR) is 87.5 cm³/mol. The van der Waals surface area contributed by atoms with Gasteiger partial charge in [0, 0.05) is 10.3 Å². The highest BCUT2D eigenvalue weighted by molar-refractivity contribution is 7.16. The Balaban J connectivity index is 1.81. The number of ether oxygens (including phenoxy) is 1. The Morgan fingerprint density at radius 3 is 2.82 bits per heavy atom. The molecule has 6 nitrogen and oxygen atoms in total. The molecule has 3 N–H and O–H groups in total. The largest absolute Gasteiger partial charge is 0.455 e. The quantitative estimate of drug-likeness (QED) is 0.787. The van der Waals surface area contributed by atoms with Gasteiger partial charge in [0.25, 0.3) is 5.91 Å². The van der Waals surface area contributed by atoms with Crippen molar-refractivity contribution in [3.05, 3.63) is 22.4 Å². The Kier molecular flexibility index (Phi) is 5.51. The summed E-state index contributed by atoms with van der Waals surface area (Å²) in [4.78, 5) is 29.1. The maximum absolute atomic E-state index is 11.6. The Morgan fingerprint density at radius 2 is 2.18 bits per heavy atom. The number of amides is 1. The summed E-state index contributed by atoms with van der Waals surface area (Å²) in [5.74, 6) is -0.935. The van der Waals surface area contributed by atoms with E-state index in [1.807, 2.05) is 17.5 Å². The molecule has 0 fully saturated rings. The SMILES string of the molecule is CC(C)C(=O)OCC(=O)NCc1ccc(-c2csc(N)n2)s1. The molecule has 0 saturated heterocycles. The van der Waals surface area contributed by atoms with E-state index >= 15 is 0 Å². The number of anilines is 1. The van der Waals surface area contributed by atoms with Gasteiger partial charge < -0.3 is 15.8 Å². The number of rotatable bonds is 6. The third kappa shape index (κ3) is 4.54. The first-order valence-electron chi connectivity index (χ1n) is 6.69. The molecule has 2 heterocycles. The van der Waals surface area contributed by atoms with Crippen molar-refractivity contribution in [2.45, 2.75) is 20.4 Å². The first-order valence-corrected chi connectivity index (χ1v) is 8.38. The number of esters is 1. The van der Waals surface area contributed by atoms with Gasteiger partial charge in [-0.3, -0.25) is 9.59 Å². The number of thiophene rings is 1. The van der Waals surface area contributed by atoms with E-state index in [-0.39, 0.29) is 24.4 Å². The highest BCUT2D eigenvalue weighted by Gasteiger charge is 2.11. The summed E-state index contributed by atoms with van der Waals surface area (Å²) in [6.07, 6.45) is 0. The van der Waals surface area contributed by atoms with Crippen LogP contribution in [0, 0.1) is 5.92 Å². The minimum absolute atomic E-state index is 0.238. The van der Waals surface area contributed by atoms with Crippen molar-refractivity contribution >= 4 is 39.7 Å². The molecular formula is C14H17N3O3S2. The maximum Gasteiger partial charge on any atom is 0.308 e. The van der Waals surface area contributed by atoms with Crippen molar-refractivity contribution < 1.29 is 14.3 Å². The third-order valence-corrected chi connectivity index (χ3v) is 4.49. The number of nitrogen functional groups attached to an aromatic ring is 1. The van der Waals surface area contributed by atoms with Crippen LogP contribution < -0.4 is 11.1 Å². The number of thiazole rings is 1. The van der Waals surface area contributed by atoms with Crippen LogP contribution >= 0.6 is 22.7 Å². The molecule has 22 heavy (non-hydrogen) atoms. The van der Waals surface area contributed by atoms with Crippen LogP contribution in [0.4, 0.5) is 5.13 Å². The maximum atomic E-state index is 11.6. The highest BCUT2D eigenvalue weighted by Crippen LogP contribution is 2.29. The van der Waals surface area contributed by atoms with Crippen LogP contribution in [-0.4, -0.2) is 23.5 Å². The lowest BCUT2D eigenvalue weighted by Gasteiger charge is -2.07. The number of nitrogens with one attached hydrogen (secondary N) is 1. The number of nitrogens with two attached hydrogens (primary N) is 1. The van der Waals surface area contributed by atoms with Gasteiger partial charge >= 0.3 is 5.97 Å². The van der Waals surface area contributed by atoms with Crippen molar-refractivity contribution in [1.29, 1.82) is 0 Å². The van der Waals surface area contributed by atoms with E-state index < -0.39 is 0 Å². The topological polar surface area (TPSA) is 94.3 Å². The summed E-state index contributed by atoms with van der Waals surface area (Å²) in [6, 6.07) is 3.87. The van der Waals surface area contributed by atoms with Crippen LogP contribution in [-0.2, 0) is 20.9 Å². The Labute approximate surface area is 136 Å². The zero-order chi connectivity index (χ0) is 16.1. The third-order valence-electron chi connectivity index (χ3n) is 2.71. The molecule has 8 heteroatoms. The molecule has 0 aliphatic heterocycles. The van der Waals surface area contributed by atoms with Gasteiger partial charge in [-0.2, -0.15) is 0 Å². The van der Waals surface area contributed by atoms with Gasteiger partial charge in [-0.15, -0.1) is 22.7 Å². The monoisotopic (exact) mass is 339 g/mol. The molecule has 0 atom stereocenters. The molecule has 0 saturated carbocycles. The molecule has 0 aliphatic carbocycles. The summed E-state index contributed by atoms with van der Waals surface area (Å²) in [5, 5.41) is 5.15. The molecule has 0 aliphatic rings. The van der Waals surface area contributed by atoms with Crippen molar-refractivity contribution in [3.8, 4) is 10.6 Å². The minimum Gasteiger partial charge on any atom is -0.455 e. The van der Waals surface area contributed by atoms with Gasteiger partial charge in [-0.25, -0.2) is 4.98 Å².